The van der Waals surface area contributed by atoms with E-state index >= 15 is 0 Å². The van der Waals surface area contributed by atoms with Crippen molar-refractivity contribution in [2.45, 2.75) is 12.4 Å². The molecule has 0 amide bonds. The first-order chi connectivity index (χ1) is 9.79. The van der Waals surface area contributed by atoms with E-state index in [0.29, 0.717) is 10.9 Å². The van der Waals surface area contributed by atoms with E-state index < -0.39 is 0 Å². The van der Waals surface area contributed by atoms with Crippen LogP contribution >= 0.6 is 35.0 Å². The number of imidazole rings is 1. The largest absolute Gasteiger partial charge is 0.326 e. The van der Waals surface area contributed by atoms with Gasteiger partial charge < -0.3 is 4.57 Å². The van der Waals surface area contributed by atoms with Gasteiger partial charge in [-0.05, 0) is 12.1 Å². The van der Waals surface area contributed by atoms with Gasteiger partial charge in [-0.15, -0.1) is 11.6 Å². The molecule has 0 N–H and O–H groups in total. The Morgan fingerprint density at radius 3 is 2.75 bits per heavy atom. The molecule has 1 aromatic carbocycles. The lowest BCUT2D eigenvalue weighted by molar-refractivity contribution is 0.290. The quantitative estimate of drug-likeness (QED) is 0.801. The van der Waals surface area contributed by atoms with E-state index in [1.165, 1.54) is 24.6 Å². The van der Waals surface area contributed by atoms with Crippen LogP contribution in [0.4, 0.5) is 0 Å². The Morgan fingerprint density at radius 2 is 2.00 bits per heavy atom. The van der Waals surface area contributed by atoms with E-state index in [1.807, 2.05) is 23.9 Å². The zero-order valence-electron chi connectivity index (χ0n) is 11.2. The predicted molar refractivity (Wildman–Crippen MR) is 88.1 cm³/mol. The Balaban J connectivity index is 1.84. The van der Waals surface area contributed by atoms with Crippen molar-refractivity contribution in [2.24, 2.45) is 0 Å². The third kappa shape index (κ3) is 2.93. The highest BCUT2D eigenvalue weighted by atomic mass is 35.5. The maximum absolute atomic E-state index is 6.22. The summed E-state index contributed by atoms with van der Waals surface area (Å²) < 4.78 is 2.20. The minimum atomic E-state index is 0.418. The van der Waals surface area contributed by atoms with Gasteiger partial charge in [0.25, 0.3) is 0 Å². The van der Waals surface area contributed by atoms with Gasteiger partial charge in [-0.1, -0.05) is 17.7 Å². The van der Waals surface area contributed by atoms with Crippen LogP contribution in [0.2, 0.25) is 5.02 Å². The Labute approximate surface area is 133 Å². The summed E-state index contributed by atoms with van der Waals surface area (Å²) in [5.74, 6) is 3.79. The summed E-state index contributed by atoms with van der Waals surface area (Å²) in [7, 11) is 0. The fourth-order valence-electron chi connectivity index (χ4n) is 2.58. The van der Waals surface area contributed by atoms with E-state index in [-0.39, 0.29) is 0 Å². The fraction of sp³-hybridized carbons (Fsp3) is 0.500. The van der Waals surface area contributed by atoms with Crippen LogP contribution in [0.25, 0.3) is 11.0 Å². The average Bonchev–Trinajstić information content (AvgIpc) is 2.85. The summed E-state index contributed by atoms with van der Waals surface area (Å²) >= 11 is 14.3. The number of thioether (sulfide) groups is 1. The van der Waals surface area contributed by atoms with Crippen LogP contribution < -0.4 is 0 Å². The van der Waals surface area contributed by atoms with Crippen molar-refractivity contribution in [3.8, 4) is 0 Å². The Hall–Kier alpha value is -0.420. The first-order valence-corrected chi connectivity index (χ1v) is 8.86. The molecule has 0 saturated carbocycles. The maximum atomic E-state index is 6.22. The molecular formula is C14H17Cl2N3S. The predicted octanol–water partition coefficient (Wildman–Crippen LogP) is 3.48. The number of fused-ring (bicyclic) bond motifs is 1. The Bertz CT molecular complexity index is 593. The molecule has 1 saturated heterocycles. The molecule has 0 atom stereocenters. The van der Waals surface area contributed by atoms with Gasteiger partial charge in [-0.3, -0.25) is 4.90 Å². The van der Waals surface area contributed by atoms with E-state index in [4.69, 9.17) is 23.2 Å². The van der Waals surface area contributed by atoms with Crippen molar-refractivity contribution in [3.05, 3.63) is 29.0 Å². The smallest absolute Gasteiger partial charge is 0.124 e. The SMILES string of the molecule is ClCc1nc2c(Cl)cccc2n1CCN1CCSCC1. The lowest BCUT2D eigenvalue weighted by Gasteiger charge is -2.26. The van der Waals surface area contributed by atoms with Crippen molar-refractivity contribution in [1.29, 1.82) is 0 Å². The molecule has 3 rings (SSSR count). The standard InChI is InChI=1S/C14H17Cl2N3S/c15-10-13-17-14-11(16)2-1-3-12(14)19(13)5-4-18-6-8-20-9-7-18/h1-3H,4-10H2. The molecule has 1 aliphatic rings. The molecule has 20 heavy (non-hydrogen) atoms. The highest BCUT2D eigenvalue weighted by Crippen LogP contribution is 2.24. The minimum absolute atomic E-state index is 0.418. The molecule has 1 aliphatic heterocycles. The highest BCUT2D eigenvalue weighted by molar-refractivity contribution is 7.99. The number of benzene rings is 1. The maximum Gasteiger partial charge on any atom is 0.124 e. The van der Waals surface area contributed by atoms with Gasteiger partial charge in [0.2, 0.25) is 0 Å². The van der Waals surface area contributed by atoms with E-state index in [2.05, 4.69) is 20.5 Å². The second-order valence-electron chi connectivity index (χ2n) is 4.87. The molecule has 2 aromatic rings. The van der Waals surface area contributed by atoms with Crippen LogP contribution in [0.3, 0.4) is 0 Å². The summed E-state index contributed by atoms with van der Waals surface area (Å²) in [6, 6.07) is 5.91. The number of hydrogen-bond acceptors (Lipinski definition) is 3. The molecule has 6 heteroatoms. The fourth-order valence-corrected chi connectivity index (χ4v) is 3.97. The molecular weight excluding hydrogens is 313 g/mol. The van der Waals surface area contributed by atoms with Crippen LogP contribution in [0, 0.1) is 0 Å². The van der Waals surface area contributed by atoms with Crippen LogP contribution in [-0.2, 0) is 12.4 Å². The van der Waals surface area contributed by atoms with Crippen molar-refractivity contribution in [3.63, 3.8) is 0 Å². The van der Waals surface area contributed by atoms with E-state index in [0.717, 1.165) is 29.9 Å². The van der Waals surface area contributed by atoms with Gasteiger partial charge in [-0.2, -0.15) is 11.8 Å². The van der Waals surface area contributed by atoms with Gasteiger partial charge >= 0.3 is 0 Å². The zero-order valence-corrected chi connectivity index (χ0v) is 13.5. The molecule has 2 heterocycles. The van der Waals surface area contributed by atoms with Crippen LogP contribution in [0.5, 0.6) is 0 Å². The number of aromatic nitrogens is 2. The van der Waals surface area contributed by atoms with Gasteiger partial charge in [0.15, 0.2) is 0 Å². The second kappa shape index (κ2) is 6.56. The molecule has 108 valence electrons. The molecule has 1 aromatic heterocycles. The molecule has 0 unspecified atom stereocenters. The summed E-state index contributed by atoms with van der Waals surface area (Å²) in [6.07, 6.45) is 0. The number of halogens is 2. The third-order valence-electron chi connectivity index (χ3n) is 3.67. The summed E-state index contributed by atoms with van der Waals surface area (Å²) in [4.78, 5) is 7.08. The second-order valence-corrected chi connectivity index (χ2v) is 6.77. The molecule has 0 bridgehead atoms. The number of rotatable bonds is 4. The summed E-state index contributed by atoms with van der Waals surface area (Å²) in [5.41, 5.74) is 1.94. The van der Waals surface area contributed by atoms with Crippen LogP contribution in [0.15, 0.2) is 18.2 Å². The third-order valence-corrected chi connectivity index (χ3v) is 5.16. The minimum Gasteiger partial charge on any atom is -0.326 e. The van der Waals surface area contributed by atoms with Crippen molar-refractivity contribution in [2.75, 3.05) is 31.1 Å². The zero-order chi connectivity index (χ0) is 13.9. The number of nitrogens with zero attached hydrogens (tertiary/aromatic N) is 3. The summed E-state index contributed by atoms with van der Waals surface area (Å²) in [5, 5.41) is 0.696. The average molecular weight is 330 g/mol. The van der Waals surface area contributed by atoms with Crippen LogP contribution in [0.1, 0.15) is 5.82 Å². The Morgan fingerprint density at radius 1 is 1.20 bits per heavy atom. The molecule has 1 fully saturated rings. The molecule has 3 nitrogen and oxygen atoms in total. The monoisotopic (exact) mass is 329 g/mol. The first kappa shape index (κ1) is 14.5. The lowest BCUT2D eigenvalue weighted by Crippen LogP contribution is -2.35. The van der Waals surface area contributed by atoms with Crippen LogP contribution in [-0.4, -0.2) is 45.6 Å². The highest BCUT2D eigenvalue weighted by Gasteiger charge is 2.14. The molecule has 0 aliphatic carbocycles. The van der Waals surface area contributed by atoms with Crippen molar-refractivity contribution >= 4 is 46.0 Å². The molecule has 0 radical (unpaired) electrons. The number of para-hydroxylation sites is 1. The van der Waals surface area contributed by atoms with E-state index in [1.54, 1.807) is 0 Å². The first-order valence-electron chi connectivity index (χ1n) is 6.79. The Kier molecular flexibility index (Phi) is 4.76. The van der Waals surface area contributed by atoms with Crippen molar-refractivity contribution in [1.82, 2.24) is 14.5 Å². The van der Waals surface area contributed by atoms with E-state index in [9.17, 15) is 0 Å². The van der Waals surface area contributed by atoms with Gasteiger partial charge in [0.1, 0.15) is 11.3 Å². The van der Waals surface area contributed by atoms with Gasteiger partial charge in [0, 0.05) is 37.7 Å². The molecule has 0 spiro atoms. The summed E-state index contributed by atoms with van der Waals surface area (Å²) in [6.45, 7) is 4.31. The lowest BCUT2D eigenvalue weighted by atomic mass is 10.3. The topological polar surface area (TPSA) is 21.1 Å². The van der Waals surface area contributed by atoms with Crippen molar-refractivity contribution < 1.29 is 0 Å². The van der Waals surface area contributed by atoms with Gasteiger partial charge in [-0.25, -0.2) is 4.98 Å². The normalized spacial score (nSPS) is 16.9. The number of hydrogen-bond donors (Lipinski definition) is 0. The van der Waals surface area contributed by atoms with Gasteiger partial charge in [0.05, 0.1) is 16.4 Å². The number of alkyl halides is 1.